The van der Waals surface area contributed by atoms with Crippen molar-refractivity contribution < 1.29 is 8.83 Å². The Morgan fingerprint density at radius 1 is 0.271 bits per heavy atom. The van der Waals surface area contributed by atoms with Crippen LogP contribution in [-0.4, -0.2) is 0 Å². The van der Waals surface area contributed by atoms with Crippen LogP contribution >= 0.6 is 22.7 Å². The monoisotopic (exact) mass is 1320 g/mol. The molecule has 0 aliphatic heterocycles. The molecule has 0 radical (unpaired) electrons. The van der Waals surface area contributed by atoms with Crippen molar-refractivity contribution in [3.05, 3.63) is 225 Å². The van der Waals surface area contributed by atoms with E-state index in [1.54, 1.807) is 27.8 Å². The summed E-state index contributed by atoms with van der Waals surface area (Å²) < 4.78 is 10.9. The molecule has 4 heteroatoms. The second-order valence-electron chi connectivity index (χ2n) is 33.2. The molecule has 9 aromatic rings. The molecule has 8 aliphatic carbocycles. The zero-order valence-electron chi connectivity index (χ0n) is 60.7. The van der Waals surface area contributed by atoms with E-state index in [0.717, 1.165) is 11.8 Å². The molecule has 8 fully saturated rings. The number of thiophene rings is 2. The van der Waals surface area contributed by atoms with E-state index in [9.17, 15) is 0 Å². The maximum absolute atomic E-state index is 5.48. The average molecular weight is 1320 g/mol. The van der Waals surface area contributed by atoms with E-state index in [0.29, 0.717) is 37.9 Å². The molecule has 3 atom stereocenters. The molecule has 96 heavy (non-hydrogen) atoms. The summed E-state index contributed by atoms with van der Waals surface area (Å²) in [6, 6.07) is 59.7. The van der Waals surface area contributed by atoms with Gasteiger partial charge in [-0.3, -0.25) is 0 Å². The minimum absolute atomic E-state index is 0.335. The predicted octanol–water partition coefficient (Wildman–Crippen LogP) is 28.8. The predicted molar refractivity (Wildman–Crippen MR) is 416 cm³/mol. The van der Waals surface area contributed by atoms with E-state index >= 15 is 0 Å². The number of benzene rings is 5. The Morgan fingerprint density at radius 2 is 0.635 bits per heavy atom. The van der Waals surface area contributed by atoms with Crippen LogP contribution in [0.15, 0.2) is 196 Å². The molecular weight excluding hydrogens is 1200 g/mol. The van der Waals surface area contributed by atoms with Gasteiger partial charge >= 0.3 is 0 Å². The third-order valence-corrected chi connectivity index (χ3v) is 28.0. The Morgan fingerprint density at radius 3 is 1.02 bits per heavy atom. The van der Waals surface area contributed by atoms with Gasteiger partial charge in [0.15, 0.2) is 0 Å². The summed E-state index contributed by atoms with van der Waals surface area (Å²) in [7, 11) is 0. The van der Waals surface area contributed by atoms with Gasteiger partial charge in [-0.1, -0.05) is 298 Å². The first-order chi connectivity index (χ1) is 46.6. The van der Waals surface area contributed by atoms with Crippen LogP contribution in [0.1, 0.15) is 305 Å². The van der Waals surface area contributed by atoms with Crippen LogP contribution in [0.25, 0.3) is 21.5 Å². The van der Waals surface area contributed by atoms with Crippen molar-refractivity contribution in [1.82, 2.24) is 0 Å². The van der Waals surface area contributed by atoms with E-state index in [1.165, 1.54) is 263 Å². The number of hydrogen-bond acceptors (Lipinski definition) is 4. The summed E-state index contributed by atoms with van der Waals surface area (Å²) in [4.78, 5) is 3.19. The fourth-order valence-corrected chi connectivity index (χ4v) is 20.8. The highest BCUT2D eigenvalue weighted by Crippen LogP contribution is 2.50. The summed E-state index contributed by atoms with van der Waals surface area (Å²) in [6.45, 7) is 16.8. The molecule has 0 amide bonds. The van der Waals surface area contributed by atoms with Crippen LogP contribution in [0.5, 0.6) is 0 Å². The molecule has 2 nitrogen and oxygen atoms in total. The maximum atomic E-state index is 5.48. The molecule has 4 aromatic heterocycles. The topological polar surface area (TPSA) is 26.3 Å². The third kappa shape index (κ3) is 18.5. The fourth-order valence-electron chi connectivity index (χ4n) is 18.9. The van der Waals surface area contributed by atoms with Crippen molar-refractivity contribution in [3.63, 3.8) is 0 Å². The van der Waals surface area contributed by atoms with Crippen LogP contribution in [0.2, 0.25) is 0 Å². The Hall–Kier alpha value is -5.42. The van der Waals surface area contributed by atoms with Gasteiger partial charge in [0.2, 0.25) is 0 Å². The molecule has 0 spiro atoms. The zero-order chi connectivity index (χ0) is 66.8. The van der Waals surface area contributed by atoms with Crippen LogP contribution in [0.4, 0.5) is 0 Å². The van der Waals surface area contributed by atoms with Gasteiger partial charge in [0.05, 0.1) is 12.5 Å². The zero-order valence-corrected chi connectivity index (χ0v) is 62.4. The molecule has 8 saturated carbocycles. The molecular formula is C92H122O2S2. The summed E-state index contributed by atoms with van der Waals surface area (Å²) in [5, 5.41) is 9.88. The van der Waals surface area contributed by atoms with Gasteiger partial charge < -0.3 is 8.83 Å². The van der Waals surface area contributed by atoms with Gasteiger partial charge in [0, 0.05) is 31.4 Å². The highest BCUT2D eigenvalue weighted by Gasteiger charge is 2.40. The largest absolute Gasteiger partial charge is 0.469 e. The van der Waals surface area contributed by atoms with Gasteiger partial charge in [-0.05, 0) is 210 Å². The standard InChI is InChI=1S/C17H20.C17H24.C16H18.C11H16O.C11H16S.C10H14O.C10H14S/c1-17(11-5-2-6-12-17)16-10-9-14-7-3-4-8-15(14)13-16;1-17(16-9-3-2-4-10-16)12-11-14-7-5-6-8-15(14)13-17;1-16(10-4-5-11-16)15-9-8-13-6-2-3-7-14(13)12-15;2*1-11(7-3-2-4-8-11)10-6-5-9-12-10;2*1-10(6-2-3-7-10)9-5-4-8-11-9/h3-4,7-10,13H,2,5-6,11-12H2,1H3;2-4,9-10,14-15H,5-8,11-13H2,1H3;2-3,6-9,12H,4-5,10-11H2,1H3;2*5-6,9H,2-4,7-8H2,1H3;2*4-5,8H,2-3,6-7H2,1H3. The number of furan rings is 2. The van der Waals surface area contributed by atoms with Crippen molar-refractivity contribution in [2.45, 2.75) is 305 Å². The number of rotatable bonds is 7. The van der Waals surface area contributed by atoms with E-state index < -0.39 is 0 Å². The van der Waals surface area contributed by atoms with E-state index in [1.807, 2.05) is 34.8 Å². The van der Waals surface area contributed by atoms with Crippen LogP contribution < -0.4 is 0 Å². The Kier molecular flexibility index (Phi) is 25.2. The molecule has 3 unspecified atom stereocenters. The summed E-state index contributed by atoms with van der Waals surface area (Å²) in [6.07, 6.45) is 51.0. The van der Waals surface area contributed by atoms with Crippen molar-refractivity contribution in [3.8, 4) is 0 Å². The van der Waals surface area contributed by atoms with Gasteiger partial charge in [0.25, 0.3) is 0 Å². The lowest BCUT2D eigenvalue weighted by atomic mass is 9.60. The maximum Gasteiger partial charge on any atom is 0.109 e. The molecule has 0 bridgehead atoms. The minimum Gasteiger partial charge on any atom is -0.469 e. The van der Waals surface area contributed by atoms with Gasteiger partial charge in [-0.2, -0.15) is 0 Å². The molecule has 0 saturated heterocycles. The summed E-state index contributed by atoms with van der Waals surface area (Å²) in [5.41, 5.74) is 7.70. The van der Waals surface area contributed by atoms with Crippen molar-refractivity contribution in [1.29, 1.82) is 0 Å². The van der Waals surface area contributed by atoms with E-state index in [4.69, 9.17) is 8.83 Å². The van der Waals surface area contributed by atoms with Crippen molar-refractivity contribution in [2.75, 3.05) is 0 Å². The van der Waals surface area contributed by atoms with Crippen molar-refractivity contribution >= 4 is 44.2 Å². The summed E-state index contributed by atoms with van der Waals surface area (Å²) in [5.74, 6) is 4.43. The number of fused-ring (bicyclic) bond motifs is 3. The normalized spacial score (nSPS) is 23.9. The van der Waals surface area contributed by atoms with Gasteiger partial charge in [0.1, 0.15) is 11.5 Å². The first kappa shape index (κ1) is 71.9. The summed E-state index contributed by atoms with van der Waals surface area (Å²) >= 11 is 3.85. The molecule has 8 aliphatic rings. The first-order valence-corrected chi connectivity index (χ1v) is 40.5. The highest BCUT2D eigenvalue weighted by atomic mass is 32.1. The lowest BCUT2D eigenvalue weighted by Gasteiger charge is -2.45. The average Bonchev–Trinajstić information content (AvgIpc) is 1.78. The van der Waals surface area contributed by atoms with Gasteiger partial charge in [-0.25, -0.2) is 0 Å². The second-order valence-corrected chi connectivity index (χ2v) is 35.1. The molecule has 17 rings (SSSR count). The quantitative estimate of drug-likeness (QED) is 0.159. The molecule has 514 valence electrons. The van der Waals surface area contributed by atoms with E-state index in [-0.39, 0.29) is 0 Å². The molecule has 5 aromatic carbocycles. The lowest BCUT2D eigenvalue weighted by molar-refractivity contribution is 0.116. The molecule has 0 N–H and O–H groups in total. The third-order valence-electron chi connectivity index (χ3n) is 25.7. The number of hydrogen-bond donors (Lipinski definition) is 0. The Balaban J connectivity index is 0.000000115. The Bertz CT molecular complexity index is 3520. The SMILES string of the molecule is CC1(c2ccc3ccccc3c2)CCCC1.CC1(c2ccc3ccccc3c2)CCCCC1.CC1(c2ccccc2)CCC2CCCCC2C1.CC1(c2ccco2)CCCC1.CC1(c2ccco2)CCCCC1.CC1(c2cccs2)CCCC1.CC1(c2cccs2)CCCCC1. The minimum atomic E-state index is 0.335. The highest BCUT2D eigenvalue weighted by molar-refractivity contribution is 7.10. The Labute approximate surface area is 590 Å². The second kappa shape index (κ2) is 33.6. The molecule has 4 heterocycles. The van der Waals surface area contributed by atoms with Gasteiger partial charge in [-0.15, -0.1) is 22.7 Å². The van der Waals surface area contributed by atoms with Crippen molar-refractivity contribution in [2.24, 2.45) is 11.8 Å². The smallest absolute Gasteiger partial charge is 0.109 e. The van der Waals surface area contributed by atoms with Crippen LogP contribution in [0, 0.1) is 11.8 Å². The lowest BCUT2D eigenvalue weighted by Crippen LogP contribution is -2.36. The van der Waals surface area contributed by atoms with E-state index in [2.05, 4.69) is 211 Å². The van der Waals surface area contributed by atoms with Crippen LogP contribution in [-0.2, 0) is 37.9 Å². The van der Waals surface area contributed by atoms with Crippen LogP contribution in [0.3, 0.4) is 0 Å². The first-order valence-electron chi connectivity index (χ1n) is 38.8. The fraction of sp³-hybridized carbons (Fsp3) is 0.543.